The molecule has 0 bridgehead atoms. The van der Waals surface area contributed by atoms with Crippen LogP contribution in [0.15, 0.2) is 48.5 Å². The van der Waals surface area contributed by atoms with E-state index >= 15 is 0 Å². The second-order valence-electron chi connectivity index (χ2n) is 4.89. The van der Waals surface area contributed by atoms with Crippen molar-refractivity contribution in [1.82, 2.24) is 0 Å². The Balaban J connectivity index is 1.82. The fraction of sp³-hybridized carbons (Fsp3) is 0.250. The highest BCUT2D eigenvalue weighted by molar-refractivity contribution is 5.52. The van der Waals surface area contributed by atoms with Gasteiger partial charge in [0, 0.05) is 18.8 Å². The fourth-order valence-corrected chi connectivity index (χ4v) is 2.48. The van der Waals surface area contributed by atoms with Crippen LogP contribution in [0.25, 0.3) is 0 Å². The molecule has 0 saturated heterocycles. The highest BCUT2D eigenvalue weighted by Crippen LogP contribution is 2.28. The number of rotatable bonds is 2. The lowest BCUT2D eigenvalue weighted by Gasteiger charge is -2.18. The molecule has 0 aliphatic carbocycles. The van der Waals surface area contributed by atoms with E-state index in [9.17, 15) is 5.11 Å². The molecule has 2 aromatic rings. The topological polar surface area (TPSA) is 23.5 Å². The zero-order valence-corrected chi connectivity index (χ0v) is 10.5. The zero-order chi connectivity index (χ0) is 12.5. The number of aliphatic hydroxyl groups is 1. The van der Waals surface area contributed by atoms with E-state index < -0.39 is 6.10 Å². The van der Waals surface area contributed by atoms with Crippen LogP contribution in [-0.2, 0) is 13.1 Å². The highest BCUT2D eigenvalue weighted by atomic mass is 16.3. The summed E-state index contributed by atoms with van der Waals surface area (Å²) in [5.41, 5.74) is 5.01. The van der Waals surface area contributed by atoms with Crippen LogP contribution >= 0.6 is 0 Å². The van der Waals surface area contributed by atoms with E-state index in [2.05, 4.69) is 41.3 Å². The van der Waals surface area contributed by atoms with E-state index in [1.165, 1.54) is 16.8 Å². The lowest BCUT2D eigenvalue weighted by molar-refractivity contribution is 0.199. The number of nitrogens with zero attached hydrogens (tertiary/aromatic N) is 1. The number of hydrogen-bond acceptors (Lipinski definition) is 2. The lowest BCUT2D eigenvalue weighted by atomic mass is 10.1. The van der Waals surface area contributed by atoms with Gasteiger partial charge in [0.05, 0.1) is 6.10 Å². The molecule has 1 N–H and O–H groups in total. The Morgan fingerprint density at radius 3 is 2.00 bits per heavy atom. The van der Waals surface area contributed by atoms with Gasteiger partial charge in [-0.1, -0.05) is 36.4 Å². The summed E-state index contributed by atoms with van der Waals surface area (Å²) < 4.78 is 0. The van der Waals surface area contributed by atoms with Crippen LogP contribution in [0.3, 0.4) is 0 Å². The van der Waals surface area contributed by atoms with E-state index in [1.807, 2.05) is 12.1 Å². The van der Waals surface area contributed by atoms with Crippen LogP contribution in [0.4, 0.5) is 5.69 Å². The van der Waals surface area contributed by atoms with Crippen molar-refractivity contribution in [2.75, 3.05) is 4.90 Å². The first-order valence-corrected chi connectivity index (χ1v) is 6.34. The molecular formula is C16H17NO. The third-order valence-corrected chi connectivity index (χ3v) is 3.58. The predicted molar refractivity (Wildman–Crippen MR) is 73.4 cm³/mol. The van der Waals surface area contributed by atoms with Gasteiger partial charge in [0.25, 0.3) is 0 Å². The molecule has 0 spiro atoms. The van der Waals surface area contributed by atoms with E-state index in [0.717, 1.165) is 18.7 Å². The molecule has 1 heterocycles. The van der Waals surface area contributed by atoms with Gasteiger partial charge < -0.3 is 10.0 Å². The van der Waals surface area contributed by atoms with Gasteiger partial charge >= 0.3 is 0 Å². The average Bonchev–Trinajstić information content (AvgIpc) is 2.82. The Kier molecular flexibility index (Phi) is 2.80. The Bertz CT molecular complexity index is 520. The SMILES string of the molecule is C[C@@H](O)c1ccc(N2Cc3ccccc3C2)cc1. The Morgan fingerprint density at radius 1 is 0.944 bits per heavy atom. The maximum Gasteiger partial charge on any atom is 0.0761 e. The summed E-state index contributed by atoms with van der Waals surface area (Å²) in [6, 6.07) is 16.8. The average molecular weight is 239 g/mol. The molecule has 2 heteroatoms. The van der Waals surface area contributed by atoms with Crippen molar-refractivity contribution >= 4 is 5.69 Å². The standard InChI is InChI=1S/C16H17NO/c1-12(18)13-6-8-16(9-7-13)17-10-14-4-2-3-5-15(14)11-17/h2-9,12,18H,10-11H2,1H3/t12-/m1/s1. The van der Waals surface area contributed by atoms with Crippen molar-refractivity contribution in [2.24, 2.45) is 0 Å². The normalized spacial score (nSPS) is 15.6. The molecule has 18 heavy (non-hydrogen) atoms. The van der Waals surface area contributed by atoms with E-state index in [4.69, 9.17) is 0 Å². The summed E-state index contributed by atoms with van der Waals surface area (Å²) in [5.74, 6) is 0. The molecule has 0 fully saturated rings. The summed E-state index contributed by atoms with van der Waals surface area (Å²) in [6.45, 7) is 3.75. The molecule has 0 unspecified atom stereocenters. The van der Waals surface area contributed by atoms with Crippen molar-refractivity contribution < 1.29 is 5.11 Å². The van der Waals surface area contributed by atoms with E-state index in [0.29, 0.717) is 0 Å². The molecule has 1 atom stereocenters. The number of anilines is 1. The predicted octanol–water partition coefficient (Wildman–Crippen LogP) is 3.26. The van der Waals surface area contributed by atoms with Crippen LogP contribution in [-0.4, -0.2) is 5.11 Å². The maximum atomic E-state index is 9.51. The summed E-state index contributed by atoms with van der Waals surface area (Å²) >= 11 is 0. The van der Waals surface area contributed by atoms with Crippen LogP contribution in [0.1, 0.15) is 29.7 Å². The number of aliphatic hydroxyl groups excluding tert-OH is 1. The van der Waals surface area contributed by atoms with Crippen molar-refractivity contribution in [1.29, 1.82) is 0 Å². The molecule has 0 amide bonds. The third-order valence-electron chi connectivity index (χ3n) is 3.58. The fourth-order valence-electron chi connectivity index (χ4n) is 2.48. The Morgan fingerprint density at radius 2 is 1.50 bits per heavy atom. The number of fused-ring (bicyclic) bond motifs is 1. The first kappa shape index (κ1) is 11.3. The van der Waals surface area contributed by atoms with Crippen LogP contribution in [0.2, 0.25) is 0 Å². The van der Waals surface area contributed by atoms with E-state index in [-0.39, 0.29) is 0 Å². The first-order valence-electron chi connectivity index (χ1n) is 6.34. The van der Waals surface area contributed by atoms with Gasteiger partial charge in [-0.15, -0.1) is 0 Å². The second-order valence-corrected chi connectivity index (χ2v) is 4.89. The first-order chi connectivity index (χ1) is 8.74. The summed E-state index contributed by atoms with van der Waals surface area (Å²) in [6.07, 6.45) is -0.394. The van der Waals surface area contributed by atoms with E-state index in [1.54, 1.807) is 6.92 Å². The van der Waals surface area contributed by atoms with Crippen molar-refractivity contribution in [3.8, 4) is 0 Å². The molecule has 0 aromatic heterocycles. The summed E-state index contributed by atoms with van der Waals surface area (Å²) in [7, 11) is 0. The molecule has 1 aliphatic heterocycles. The van der Waals surface area contributed by atoms with Crippen molar-refractivity contribution in [3.05, 3.63) is 65.2 Å². The highest BCUT2D eigenvalue weighted by Gasteiger charge is 2.18. The smallest absolute Gasteiger partial charge is 0.0761 e. The molecule has 0 radical (unpaired) electrons. The third kappa shape index (κ3) is 2.00. The number of hydrogen-bond donors (Lipinski definition) is 1. The minimum atomic E-state index is -0.394. The van der Waals surface area contributed by atoms with Gasteiger partial charge in [0.15, 0.2) is 0 Å². The second kappa shape index (κ2) is 4.46. The quantitative estimate of drug-likeness (QED) is 0.869. The van der Waals surface area contributed by atoms with Gasteiger partial charge in [-0.2, -0.15) is 0 Å². The molecular weight excluding hydrogens is 222 g/mol. The van der Waals surface area contributed by atoms with Gasteiger partial charge in [-0.3, -0.25) is 0 Å². The molecule has 2 nitrogen and oxygen atoms in total. The Hall–Kier alpha value is -1.80. The van der Waals surface area contributed by atoms with Crippen LogP contribution in [0, 0.1) is 0 Å². The van der Waals surface area contributed by atoms with Gasteiger partial charge in [0.2, 0.25) is 0 Å². The number of benzene rings is 2. The van der Waals surface area contributed by atoms with Gasteiger partial charge in [-0.25, -0.2) is 0 Å². The molecule has 3 rings (SSSR count). The molecule has 92 valence electrons. The van der Waals surface area contributed by atoms with Gasteiger partial charge in [-0.05, 0) is 35.7 Å². The van der Waals surface area contributed by atoms with Crippen molar-refractivity contribution in [2.45, 2.75) is 26.1 Å². The molecule has 1 aliphatic rings. The largest absolute Gasteiger partial charge is 0.389 e. The summed E-state index contributed by atoms with van der Waals surface area (Å²) in [5, 5.41) is 9.51. The minimum Gasteiger partial charge on any atom is -0.389 e. The lowest BCUT2D eigenvalue weighted by Crippen LogP contribution is -2.14. The van der Waals surface area contributed by atoms with Crippen molar-refractivity contribution in [3.63, 3.8) is 0 Å². The monoisotopic (exact) mass is 239 g/mol. The maximum absolute atomic E-state index is 9.51. The molecule has 2 aromatic carbocycles. The van der Waals surface area contributed by atoms with Crippen LogP contribution < -0.4 is 4.90 Å². The van der Waals surface area contributed by atoms with Gasteiger partial charge in [0.1, 0.15) is 0 Å². The Labute approximate surface area is 107 Å². The zero-order valence-electron chi connectivity index (χ0n) is 10.5. The molecule has 0 saturated carbocycles. The van der Waals surface area contributed by atoms with Crippen LogP contribution in [0.5, 0.6) is 0 Å². The summed E-state index contributed by atoms with van der Waals surface area (Å²) in [4.78, 5) is 2.36. The minimum absolute atomic E-state index is 0.394.